The van der Waals surface area contributed by atoms with Gasteiger partial charge < -0.3 is 10.0 Å². The average molecular weight is 288 g/mol. The van der Waals surface area contributed by atoms with Crippen molar-refractivity contribution in [2.24, 2.45) is 5.92 Å². The molecule has 1 rings (SSSR count). The highest BCUT2D eigenvalue weighted by molar-refractivity contribution is 8.00. The fourth-order valence-corrected chi connectivity index (χ4v) is 3.39. The van der Waals surface area contributed by atoms with E-state index in [0.29, 0.717) is 11.5 Å². The number of carbonyl (C=O) groups is 2. The van der Waals surface area contributed by atoms with E-state index in [-0.39, 0.29) is 17.9 Å². The van der Waals surface area contributed by atoms with Crippen LogP contribution < -0.4 is 5.32 Å². The van der Waals surface area contributed by atoms with E-state index in [2.05, 4.69) is 5.32 Å². The summed E-state index contributed by atoms with van der Waals surface area (Å²) in [7, 11) is 3.42. The molecule has 0 radical (unpaired) electrons. The van der Waals surface area contributed by atoms with Gasteiger partial charge in [-0.15, -0.1) is 11.8 Å². The number of carboxylic acid groups (broad SMARTS) is 1. The van der Waals surface area contributed by atoms with Crippen LogP contribution in [0.2, 0.25) is 0 Å². The fraction of sp³-hybridized carbons (Fsp3) is 0.846. The van der Waals surface area contributed by atoms with Gasteiger partial charge in [0.2, 0.25) is 5.91 Å². The molecule has 0 aliphatic heterocycles. The molecule has 1 saturated carbocycles. The van der Waals surface area contributed by atoms with Gasteiger partial charge in [-0.05, 0) is 32.6 Å². The summed E-state index contributed by atoms with van der Waals surface area (Å²) in [5.41, 5.74) is -0.884. The number of hydrogen-bond donors (Lipinski definition) is 2. The number of thioether (sulfide) groups is 1. The van der Waals surface area contributed by atoms with Gasteiger partial charge in [0.25, 0.3) is 0 Å². The Morgan fingerprint density at radius 1 is 1.42 bits per heavy atom. The molecule has 2 N–H and O–H groups in total. The summed E-state index contributed by atoms with van der Waals surface area (Å²) in [6.45, 7) is 3.91. The van der Waals surface area contributed by atoms with Gasteiger partial charge in [0.05, 0.1) is 5.75 Å². The van der Waals surface area contributed by atoms with Crippen LogP contribution in [0.5, 0.6) is 0 Å². The molecule has 1 fully saturated rings. The van der Waals surface area contributed by atoms with E-state index in [1.54, 1.807) is 14.1 Å². The second-order valence-electron chi connectivity index (χ2n) is 5.63. The van der Waals surface area contributed by atoms with Crippen LogP contribution in [0.3, 0.4) is 0 Å². The molecule has 1 atom stereocenters. The van der Waals surface area contributed by atoms with Crippen LogP contribution in [0.4, 0.5) is 0 Å². The van der Waals surface area contributed by atoms with E-state index in [1.165, 1.54) is 16.7 Å². The highest BCUT2D eigenvalue weighted by Gasteiger charge is 2.51. The van der Waals surface area contributed by atoms with Gasteiger partial charge in [-0.3, -0.25) is 14.9 Å². The van der Waals surface area contributed by atoms with Gasteiger partial charge in [0.1, 0.15) is 5.54 Å². The van der Waals surface area contributed by atoms with Crippen molar-refractivity contribution in [3.8, 4) is 0 Å². The van der Waals surface area contributed by atoms with Crippen LogP contribution in [0, 0.1) is 5.92 Å². The molecule has 19 heavy (non-hydrogen) atoms. The minimum absolute atomic E-state index is 0.0182. The van der Waals surface area contributed by atoms with Gasteiger partial charge in [-0.25, -0.2) is 0 Å². The SMILES string of the molecule is CC(C)NC(CSCC(=O)N(C)C)(C(=O)O)C1CC1. The number of amides is 1. The molecule has 0 aromatic carbocycles. The maximum atomic E-state index is 11.7. The third kappa shape index (κ3) is 4.38. The van der Waals surface area contributed by atoms with Crippen LogP contribution in [0.15, 0.2) is 0 Å². The minimum Gasteiger partial charge on any atom is -0.480 e. The molecule has 0 heterocycles. The summed E-state index contributed by atoms with van der Waals surface area (Å²) in [6.07, 6.45) is 1.91. The number of nitrogens with one attached hydrogen (secondary N) is 1. The quantitative estimate of drug-likeness (QED) is 0.698. The first-order valence-electron chi connectivity index (χ1n) is 6.58. The summed E-state index contributed by atoms with van der Waals surface area (Å²) in [5, 5.41) is 12.8. The molecule has 0 spiro atoms. The molecule has 0 aromatic rings. The molecule has 1 aliphatic rings. The zero-order valence-electron chi connectivity index (χ0n) is 12.1. The monoisotopic (exact) mass is 288 g/mol. The lowest BCUT2D eigenvalue weighted by Crippen LogP contribution is -2.58. The largest absolute Gasteiger partial charge is 0.480 e. The second-order valence-corrected chi connectivity index (χ2v) is 6.62. The van der Waals surface area contributed by atoms with E-state index in [0.717, 1.165) is 12.8 Å². The Hall–Kier alpha value is -0.750. The summed E-state index contributed by atoms with van der Waals surface area (Å²) in [4.78, 5) is 24.8. The first kappa shape index (κ1) is 16.3. The van der Waals surface area contributed by atoms with Crippen molar-refractivity contribution >= 4 is 23.6 Å². The summed E-state index contributed by atoms with van der Waals surface area (Å²) >= 11 is 1.40. The van der Waals surface area contributed by atoms with Crippen molar-refractivity contribution in [1.29, 1.82) is 0 Å². The molecular formula is C13H24N2O3S. The molecule has 0 aromatic heterocycles. The lowest BCUT2D eigenvalue weighted by molar-refractivity contribution is -0.145. The predicted molar refractivity (Wildman–Crippen MR) is 77.4 cm³/mol. The van der Waals surface area contributed by atoms with Gasteiger partial charge >= 0.3 is 5.97 Å². The number of carboxylic acids is 1. The maximum absolute atomic E-state index is 11.7. The Labute approximate surface area is 119 Å². The van der Waals surface area contributed by atoms with Gasteiger partial charge in [-0.2, -0.15) is 0 Å². The van der Waals surface area contributed by atoms with Crippen molar-refractivity contribution in [3.63, 3.8) is 0 Å². The molecular weight excluding hydrogens is 264 g/mol. The first-order chi connectivity index (χ1) is 8.79. The molecule has 1 amide bonds. The van der Waals surface area contributed by atoms with Crippen LogP contribution >= 0.6 is 11.8 Å². The third-order valence-corrected chi connectivity index (χ3v) is 4.37. The number of hydrogen-bond acceptors (Lipinski definition) is 4. The first-order valence-corrected chi connectivity index (χ1v) is 7.74. The molecule has 1 aliphatic carbocycles. The predicted octanol–water partition coefficient (Wildman–Crippen LogP) is 1.04. The van der Waals surface area contributed by atoms with E-state index in [1.807, 2.05) is 13.8 Å². The second kappa shape index (κ2) is 6.61. The van der Waals surface area contributed by atoms with E-state index >= 15 is 0 Å². The Kier molecular flexibility index (Phi) is 5.67. The Balaban J connectivity index is 2.64. The highest BCUT2D eigenvalue weighted by atomic mass is 32.2. The van der Waals surface area contributed by atoms with E-state index in [9.17, 15) is 14.7 Å². The Bertz CT molecular complexity index is 343. The smallest absolute Gasteiger partial charge is 0.325 e. The Morgan fingerprint density at radius 2 is 2.00 bits per heavy atom. The number of aliphatic carboxylic acids is 1. The van der Waals surface area contributed by atoms with E-state index < -0.39 is 11.5 Å². The lowest BCUT2D eigenvalue weighted by Gasteiger charge is -2.32. The molecule has 5 nitrogen and oxygen atoms in total. The number of rotatable bonds is 8. The highest BCUT2D eigenvalue weighted by Crippen LogP contribution is 2.42. The Morgan fingerprint density at radius 3 is 2.37 bits per heavy atom. The lowest BCUT2D eigenvalue weighted by atomic mass is 9.94. The number of carbonyl (C=O) groups excluding carboxylic acids is 1. The van der Waals surface area contributed by atoms with Crippen molar-refractivity contribution in [3.05, 3.63) is 0 Å². The topological polar surface area (TPSA) is 69.6 Å². The van der Waals surface area contributed by atoms with Crippen molar-refractivity contribution in [2.75, 3.05) is 25.6 Å². The summed E-state index contributed by atoms with van der Waals surface area (Å²) in [6, 6.07) is 0.113. The zero-order chi connectivity index (χ0) is 14.6. The zero-order valence-corrected chi connectivity index (χ0v) is 12.9. The average Bonchev–Trinajstić information content (AvgIpc) is 3.10. The maximum Gasteiger partial charge on any atom is 0.325 e. The van der Waals surface area contributed by atoms with E-state index in [4.69, 9.17) is 0 Å². The fourth-order valence-electron chi connectivity index (χ4n) is 2.10. The summed E-state index contributed by atoms with van der Waals surface area (Å²) < 4.78 is 0. The normalized spacial score (nSPS) is 18.2. The van der Waals surface area contributed by atoms with Crippen LogP contribution in [0.1, 0.15) is 26.7 Å². The van der Waals surface area contributed by atoms with Gasteiger partial charge in [0, 0.05) is 25.9 Å². The minimum atomic E-state index is -0.884. The van der Waals surface area contributed by atoms with Gasteiger partial charge in [-0.1, -0.05) is 0 Å². The third-order valence-electron chi connectivity index (χ3n) is 3.26. The standard InChI is InChI=1S/C13H24N2O3S/c1-9(2)14-13(12(17)18,10-5-6-10)8-19-7-11(16)15(3)4/h9-10,14H,5-8H2,1-4H3,(H,17,18). The number of nitrogens with zero attached hydrogens (tertiary/aromatic N) is 1. The molecule has 0 bridgehead atoms. The van der Waals surface area contributed by atoms with Crippen LogP contribution in [0.25, 0.3) is 0 Å². The van der Waals surface area contributed by atoms with Crippen molar-refractivity contribution in [2.45, 2.75) is 38.3 Å². The molecule has 110 valence electrons. The van der Waals surface area contributed by atoms with Gasteiger partial charge in [0.15, 0.2) is 0 Å². The molecule has 0 saturated heterocycles. The van der Waals surface area contributed by atoms with Crippen LogP contribution in [-0.4, -0.2) is 59.1 Å². The summed E-state index contributed by atoms with van der Waals surface area (Å²) in [5.74, 6) is 0.173. The molecule has 6 heteroatoms. The van der Waals surface area contributed by atoms with Crippen molar-refractivity contribution < 1.29 is 14.7 Å². The molecule has 1 unspecified atom stereocenters. The van der Waals surface area contributed by atoms with Crippen molar-refractivity contribution in [1.82, 2.24) is 10.2 Å². The van der Waals surface area contributed by atoms with Crippen LogP contribution in [-0.2, 0) is 9.59 Å².